The van der Waals surface area contributed by atoms with Crippen molar-refractivity contribution in [2.75, 3.05) is 23.7 Å². The highest BCUT2D eigenvalue weighted by molar-refractivity contribution is 6.33. The number of halogens is 2. The fourth-order valence-corrected chi connectivity index (χ4v) is 2.80. The van der Waals surface area contributed by atoms with E-state index in [-0.39, 0.29) is 10.7 Å². The summed E-state index contributed by atoms with van der Waals surface area (Å²) in [4.78, 5) is 16.4. The molecule has 3 rings (SSSR count). The lowest BCUT2D eigenvalue weighted by Crippen LogP contribution is -2.31. The maximum Gasteiger partial charge on any atom is 0.319 e. The Morgan fingerprint density at radius 1 is 1.33 bits per heavy atom. The van der Waals surface area contributed by atoms with Crippen LogP contribution in [0, 0.1) is 5.82 Å². The molecule has 7 heteroatoms. The van der Waals surface area contributed by atoms with Crippen LogP contribution in [0.4, 0.5) is 20.7 Å². The Hall–Kier alpha value is -2.34. The topological polar surface area (TPSA) is 66.0 Å². The van der Waals surface area contributed by atoms with Crippen LogP contribution in [0.15, 0.2) is 30.3 Å². The van der Waals surface area contributed by atoms with Crippen molar-refractivity contribution >= 4 is 29.1 Å². The van der Waals surface area contributed by atoms with Crippen molar-refractivity contribution in [2.45, 2.75) is 19.3 Å². The van der Waals surface area contributed by atoms with E-state index in [1.54, 1.807) is 0 Å². The second-order valence-corrected chi connectivity index (χ2v) is 5.98. The Labute approximate surface area is 144 Å². The Bertz CT molecular complexity index is 733. The fourth-order valence-electron chi connectivity index (χ4n) is 2.59. The minimum Gasteiger partial charge on any atom is -0.370 e. The first-order chi connectivity index (χ1) is 11.6. The molecule has 0 bridgehead atoms. The smallest absolute Gasteiger partial charge is 0.319 e. The summed E-state index contributed by atoms with van der Waals surface area (Å²) in [5.41, 5.74) is 2.10. The molecule has 0 atom stereocenters. The number of carbonyl (C=O) groups excluding carboxylic acids is 1. The van der Waals surface area contributed by atoms with E-state index in [0.29, 0.717) is 13.0 Å². The second-order valence-electron chi connectivity index (χ2n) is 5.57. The van der Waals surface area contributed by atoms with Crippen molar-refractivity contribution in [1.82, 2.24) is 10.3 Å². The van der Waals surface area contributed by atoms with Crippen LogP contribution < -0.4 is 16.0 Å². The van der Waals surface area contributed by atoms with E-state index in [1.807, 2.05) is 6.07 Å². The molecule has 0 fully saturated rings. The van der Waals surface area contributed by atoms with Crippen LogP contribution in [0.5, 0.6) is 0 Å². The van der Waals surface area contributed by atoms with Gasteiger partial charge in [0.2, 0.25) is 0 Å². The van der Waals surface area contributed by atoms with Gasteiger partial charge >= 0.3 is 6.03 Å². The second kappa shape index (κ2) is 7.49. The van der Waals surface area contributed by atoms with Crippen LogP contribution in [0.1, 0.15) is 17.7 Å². The molecule has 0 saturated heterocycles. The van der Waals surface area contributed by atoms with E-state index >= 15 is 0 Å². The van der Waals surface area contributed by atoms with Crippen molar-refractivity contribution in [3.8, 4) is 0 Å². The van der Waals surface area contributed by atoms with Gasteiger partial charge in [0.25, 0.3) is 0 Å². The molecule has 0 aliphatic carbocycles. The van der Waals surface area contributed by atoms with E-state index < -0.39 is 11.8 Å². The molecular formula is C17H18ClFN4O. The molecule has 1 aliphatic rings. The molecule has 0 radical (unpaired) electrons. The number of nitrogens with zero attached hydrogens (tertiary/aromatic N) is 1. The molecule has 0 saturated carbocycles. The Morgan fingerprint density at radius 3 is 3.04 bits per heavy atom. The summed E-state index contributed by atoms with van der Waals surface area (Å²) in [6, 6.07) is 7.78. The van der Waals surface area contributed by atoms with E-state index in [4.69, 9.17) is 11.6 Å². The number of aromatic nitrogens is 1. The van der Waals surface area contributed by atoms with E-state index in [1.165, 1.54) is 23.8 Å². The molecule has 2 heterocycles. The van der Waals surface area contributed by atoms with Gasteiger partial charge < -0.3 is 16.0 Å². The maximum atomic E-state index is 13.6. The lowest BCUT2D eigenvalue weighted by molar-refractivity contribution is 0.252. The van der Waals surface area contributed by atoms with Gasteiger partial charge in [0.15, 0.2) is 0 Å². The van der Waals surface area contributed by atoms with Crippen LogP contribution in [0.2, 0.25) is 5.02 Å². The molecule has 2 aromatic rings. The average molecular weight is 349 g/mol. The highest BCUT2D eigenvalue weighted by atomic mass is 35.5. The highest BCUT2D eigenvalue weighted by Gasteiger charge is 2.12. The molecule has 5 nitrogen and oxygen atoms in total. The molecule has 24 heavy (non-hydrogen) atoms. The summed E-state index contributed by atoms with van der Waals surface area (Å²) in [5, 5.41) is 8.54. The number of pyridine rings is 1. The number of urea groups is 1. The first-order valence-electron chi connectivity index (χ1n) is 7.85. The summed E-state index contributed by atoms with van der Waals surface area (Å²) in [5.74, 6) is 0.362. The summed E-state index contributed by atoms with van der Waals surface area (Å²) in [6.45, 7) is 1.33. The zero-order valence-corrected chi connectivity index (χ0v) is 13.8. The number of amides is 2. The summed E-state index contributed by atoms with van der Waals surface area (Å²) < 4.78 is 13.6. The minimum absolute atomic E-state index is 0.0206. The van der Waals surface area contributed by atoms with Crippen molar-refractivity contribution in [1.29, 1.82) is 0 Å². The van der Waals surface area contributed by atoms with Gasteiger partial charge in [0, 0.05) is 25.2 Å². The highest BCUT2D eigenvalue weighted by Crippen LogP contribution is 2.24. The molecule has 2 amide bonds. The lowest BCUT2D eigenvalue weighted by atomic mass is 10.1. The first kappa shape index (κ1) is 16.5. The molecule has 1 aliphatic heterocycles. The monoisotopic (exact) mass is 348 g/mol. The molecule has 0 spiro atoms. The number of benzene rings is 1. The number of nitrogens with one attached hydrogen (secondary N) is 3. The quantitative estimate of drug-likeness (QED) is 0.791. The zero-order valence-electron chi connectivity index (χ0n) is 13.0. The predicted molar refractivity (Wildman–Crippen MR) is 93.2 cm³/mol. The van der Waals surface area contributed by atoms with E-state index in [0.717, 1.165) is 30.9 Å². The number of aryl methyl sites for hydroxylation is 1. The van der Waals surface area contributed by atoms with Gasteiger partial charge in [-0.25, -0.2) is 14.2 Å². The van der Waals surface area contributed by atoms with Crippen molar-refractivity contribution in [3.63, 3.8) is 0 Å². The fraction of sp³-hybridized carbons (Fsp3) is 0.294. The van der Waals surface area contributed by atoms with Crippen LogP contribution in [0.3, 0.4) is 0 Å². The Balaban J connectivity index is 1.52. The van der Waals surface area contributed by atoms with Gasteiger partial charge in [-0.15, -0.1) is 0 Å². The summed E-state index contributed by atoms with van der Waals surface area (Å²) in [7, 11) is 0. The molecule has 3 N–H and O–H groups in total. The maximum absolute atomic E-state index is 13.6. The summed E-state index contributed by atoms with van der Waals surface area (Å²) in [6.07, 6.45) is 2.75. The number of rotatable bonds is 4. The van der Waals surface area contributed by atoms with E-state index in [2.05, 4.69) is 27.0 Å². The third kappa shape index (κ3) is 3.94. The predicted octanol–water partition coefficient (Wildman–Crippen LogP) is 3.60. The van der Waals surface area contributed by atoms with Crippen LogP contribution in [-0.2, 0) is 12.8 Å². The van der Waals surface area contributed by atoms with Gasteiger partial charge in [-0.2, -0.15) is 0 Å². The van der Waals surface area contributed by atoms with Crippen molar-refractivity contribution in [2.24, 2.45) is 0 Å². The SMILES string of the molecule is O=C(NCCc1ccc2c(n1)NCCC2)Nc1c(F)cccc1Cl. The molecule has 0 unspecified atom stereocenters. The van der Waals surface area contributed by atoms with Gasteiger partial charge in [0.05, 0.1) is 10.7 Å². The zero-order chi connectivity index (χ0) is 16.9. The summed E-state index contributed by atoms with van der Waals surface area (Å²) >= 11 is 5.87. The number of hydrogen-bond acceptors (Lipinski definition) is 3. The van der Waals surface area contributed by atoms with Gasteiger partial charge in [-0.1, -0.05) is 23.7 Å². The lowest BCUT2D eigenvalue weighted by Gasteiger charge is -2.17. The van der Waals surface area contributed by atoms with Crippen LogP contribution >= 0.6 is 11.6 Å². The molecule has 1 aromatic carbocycles. The standard InChI is InChI=1S/C17H18ClFN4O/c18-13-4-1-5-14(19)15(13)23-17(24)21-10-8-12-7-6-11-3-2-9-20-16(11)22-12/h1,4-7H,2-3,8-10H2,(H,20,22)(H2,21,23,24). The molecular weight excluding hydrogens is 331 g/mol. The average Bonchev–Trinajstić information content (AvgIpc) is 2.58. The minimum atomic E-state index is -0.569. The van der Waals surface area contributed by atoms with Crippen molar-refractivity contribution < 1.29 is 9.18 Å². The van der Waals surface area contributed by atoms with Gasteiger partial charge in [-0.3, -0.25) is 0 Å². The number of anilines is 2. The Morgan fingerprint density at radius 2 is 2.21 bits per heavy atom. The molecule has 126 valence electrons. The largest absolute Gasteiger partial charge is 0.370 e. The number of carbonyl (C=O) groups is 1. The Kier molecular flexibility index (Phi) is 5.15. The normalized spacial score (nSPS) is 12.9. The third-order valence-corrected chi connectivity index (χ3v) is 4.13. The van der Waals surface area contributed by atoms with Crippen LogP contribution in [-0.4, -0.2) is 24.1 Å². The van der Waals surface area contributed by atoms with Gasteiger partial charge in [0.1, 0.15) is 11.6 Å². The van der Waals surface area contributed by atoms with Gasteiger partial charge in [-0.05, 0) is 36.6 Å². The molecule has 1 aromatic heterocycles. The third-order valence-electron chi connectivity index (χ3n) is 3.82. The number of hydrogen-bond donors (Lipinski definition) is 3. The van der Waals surface area contributed by atoms with E-state index in [9.17, 15) is 9.18 Å². The van der Waals surface area contributed by atoms with Crippen LogP contribution in [0.25, 0.3) is 0 Å². The number of fused-ring (bicyclic) bond motifs is 1. The number of para-hydroxylation sites is 1. The first-order valence-corrected chi connectivity index (χ1v) is 8.23. The van der Waals surface area contributed by atoms with Crippen molar-refractivity contribution in [3.05, 3.63) is 52.4 Å².